The predicted octanol–water partition coefficient (Wildman–Crippen LogP) is 2.72. The number of rotatable bonds is 4. The van der Waals surface area contributed by atoms with Gasteiger partial charge in [-0.05, 0) is 38.0 Å². The Morgan fingerprint density at radius 3 is 2.37 bits per heavy atom. The third-order valence-electron chi connectivity index (χ3n) is 3.26. The lowest BCUT2D eigenvalue weighted by molar-refractivity contribution is -0.125. The van der Waals surface area contributed by atoms with E-state index in [0.717, 1.165) is 5.56 Å². The normalized spacial score (nSPS) is 15.1. The number of nitrogens with two attached hydrogens (primary N) is 1. The van der Waals surface area contributed by atoms with E-state index < -0.39 is 0 Å². The van der Waals surface area contributed by atoms with Crippen molar-refractivity contribution in [3.05, 3.63) is 35.1 Å². The minimum atomic E-state index is -0.261. The lowest BCUT2D eigenvalue weighted by Gasteiger charge is -2.20. The van der Waals surface area contributed by atoms with Crippen molar-refractivity contribution in [2.24, 2.45) is 11.7 Å². The third kappa shape index (κ3) is 4.80. The molecule has 0 aliphatic heterocycles. The van der Waals surface area contributed by atoms with Gasteiger partial charge in [0.15, 0.2) is 0 Å². The van der Waals surface area contributed by atoms with E-state index in [4.69, 9.17) is 5.73 Å². The average molecular weight is 289 g/mol. The van der Waals surface area contributed by atoms with Gasteiger partial charge in [-0.15, -0.1) is 12.4 Å². The van der Waals surface area contributed by atoms with Gasteiger partial charge in [0.1, 0.15) is 5.82 Å². The van der Waals surface area contributed by atoms with Crippen LogP contribution in [0.25, 0.3) is 0 Å². The van der Waals surface area contributed by atoms with E-state index in [1.54, 1.807) is 26.8 Å². The van der Waals surface area contributed by atoms with Gasteiger partial charge in [-0.3, -0.25) is 4.79 Å². The maximum Gasteiger partial charge on any atom is 0.224 e. The van der Waals surface area contributed by atoms with Gasteiger partial charge in [-0.1, -0.05) is 19.1 Å². The number of benzene rings is 1. The fourth-order valence-electron chi connectivity index (χ4n) is 1.55. The monoisotopic (exact) mass is 288 g/mol. The minimum Gasteiger partial charge on any atom is -0.349 e. The summed E-state index contributed by atoms with van der Waals surface area (Å²) in [5.41, 5.74) is 7.03. The van der Waals surface area contributed by atoms with E-state index in [2.05, 4.69) is 5.32 Å². The van der Waals surface area contributed by atoms with E-state index in [1.165, 1.54) is 6.07 Å². The molecule has 108 valence electrons. The van der Waals surface area contributed by atoms with Crippen LogP contribution < -0.4 is 11.1 Å². The zero-order valence-electron chi connectivity index (χ0n) is 11.7. The fourth-order valence-corrected chi connectivity index (χ4v) is 1.55. The number of halogens is 2. The molecule has 0 radical (unpaired) electrons. The fraction of sp³-hybridized carbons (Fsp3) is 0.500. The topological polar surface area (TPSA) is 55.1 Å². The summed E-state index contributed by atoms with van der Waals surface area (Å²) >= 11 is 0. The predicted molar refractivity (Wildman–Crippen MR) is 77.8 cm³/mol. The molecule has 3 atom stereocenters. The Kier molecular flexibility index (Phi) is 7.01. The van der Waals surface area contributed by atoms with Gasteiger partial charge in [0.25, 0.3) is 0 Å². The number of hydrogen-bond acceptors (Lipinski definition) is 2. The smallest absolute Gasteiger partial charge is 0.224 e. The molecular formula is C14H22ClFN2O. The average Bonchev–Trinajstić information content (AvgIpc) is 2.31. The van der Waals surface area contributed by atoms with E-state index in [-0.39, 0.29) is 42.1 Å². The van der Waals surface area contributed by atoms with Crippen LogP contribution in [0.3, 0.4) is 0 Å². The summed E-state index contributed by atoms with van der Waals surface area (Å²) < 4.78 is 13.4. The molecule has 0 saturated heterocycles. The quantitative estimate of drug-likeness (QED) is 0.895. The van der Waals surface area contributed by atoms with Gasteiger partial charge >= 0.3 is 0 Å². The number of aryl methyl sites for hydroxylation is 1. The molecule has 0 aliphatic carbocycles. The van der Waals surface area contributed by atoms with Crippen molar-refractivity contribution in [2.75, 3.05) is 0 Å². The van der Waals surface area contributed by atoms with Crippen LogP contribution in [0, 0.1) is 18.7 Å². The van der Waals surface area contributed by atoms with Crippen LogP contribution in [0.5, 0.6) is 0 Å². The van der Waals surface area contributed by atoms with Crippen molar-refractivity contribution in [3.63, 3.8) is 0 Å². The Balaban J connectivity index is 0.00000324. The third-order valence-corrected chi connectivity index (χ3v) is 3.26. The van der Waals surface area contributed by atoms with Crippen molar-refractivity contribution in [1.82, 2.24) is 5.32 Å². The molecule has 0 fully saturated rings. The molecule has 0 aromatic heterocycles. The maximum atomic E-state index is 13.4. The number of hydrogen-bond donors (Lipinski definition) is 2. The molecule has 0 spiro atoms. The molecule has 19 heavy (non-hydrogen) atoms. The van der Waals surface area contributed by atoms with Gasteiger partial charge in [-0.2, -0.15) is 0 Å². The summed E-state index contributed by atoms with van der Waals surface area (Å²) in [4.78, 5) is 11.8. The van der Waals surface area contributed by atoms with Gasteiger partial charge in [0, 0.05) is 12.0 Å². The Morgan fingerprint density at radius 1 is 1.32 bits per heavy atom. The van der Waals surface area contributed by atoms with Crippen molar-refractivity contribution >= 4 is 18.3 Å². The highest BCUT2D eigenvalue weighted by molar-refractivity contribution is 5.85. The standard InChI is InChI=1S/C14H21FN2O.ClH/c1-8-5-6-12(7-13(8)15)11(4)17-14(18)9(2)10(3)16;/h5-7,9-11H,16H2,1-4H3,(H,17,18);1H. The largest absolute Gasteiger partial charge is 0.349 e. The minimum absolute atomic E-state index is 0. The Hall–Kier alpha value is -1.13. The number of carbonyl (C=O) groups is 1. The molecule has 1 amide bonds. The van der Waals surface area contributed by atoms with E-state index in [1.807, 2.05) is 13.0 Å². The first-order chi connectivity index (χ1) is 8.32. The molecular weight excluding hydrogens is 267 g/mol. The second-order valence-electron chi connectivity index (χ2n) is 4.89. The molecule has 1 rings (SSSR count). The van der Waals surface area contributed by atoms with Crippen LogP contribution >= 0.6 is 12.4 Å². The van der Waals surface area contributed by atoms with Gasteiger partial charge in [-0.25, -0.2) is 4.39 Å². The summed E-state index contributed by atoms with van der Waals surface area (Å²) in [5, 5.41) is 2.84. The molecule has 3 N–H and O–H groups in total. The van der Waals surface area contributed by atoms with Crippen LogP contribution in [0.15, 0.2) is 18.2 Å². The second-order valence-corrected chi connectivity index (χ2v) is 4.89. The lowest BCUT2D eigenvalue weighted by Crippen LogP contribution is -2.39. The first-order valence-corrected chi connectivity index (χ1v) is 6.15. The van der Waals surface area contributed by atoms with Crippen molar-refractivity contribution in [1.29, 1.82) is 0 Å². The summed E-state index contributed by atoms with van der Waals surface area (Å²) in [7, 11) is 0. The molecule has 0 saturated carbocycles. The van der Waals surface area contributed by atoms with Crippen LogP contribution in [0.1, 0.15) is 37.9 Å². The Morgan fingerprint density at radius 2 is 1.89 bits per heavy atom. The number of carbonyl (C=O) groups excluding carboxylic acids is 1. The Bertz CT molecular complexity index is 437. The maximum absolute atomic E-state index is 13.4. The molecule has 0 bridgehead atoms. The van der Waals surface area contributed by atoms with Gasteiger partial charge in [0.05, 0.1) is 6.04 Å². The van der Waals surface area contributed by atoms with E-state index in [9.17, 15) is 9.18 Å². The summed E-state index contributed by atoms with van der Waals surface area (Å²) in [6.07, 6.45) is 0. The zero-order chi connectivity index (χ0) is 13.9. The molecule has 1 aromatic rings. The van der Waals surface area contributed by atoms with Crippen LogP contribution in [-0.2, 0) is 4.79 Å². The first-order valence-electron chi connectivity index (χ1n) is 6.15. The van der Waals surface area contributed by atoms with Gasteiger partial charge in [0.2, 0.25) is 5.91 Å². The van der Waals surface area contributed by atoms with Crippen molar-refractivity contribution in [2.45, 2.75) is 39.8 Å². The van der Waals surface area contributed by atoms with Crippen LogP contribution in [0.2, 0.25) is 0 Å². The first kappa shape index (κ1) is 17.9. The van der Waals surface area contributed by atoms with E-state index in [0.29, 0.717) is 5.56 Å². The highest BCUT2D eigenvalue weighted by Crippen LogP contribution is 2.17. The second kappa shape index (κ2) is 7.46. The van der Waals surface area contributed by atoms with Crippen molar-refractivity contribution < 1.29 is 9.18 Å². The van der Waals surface area contributed by atoms with Crippen molar-refractivity contribution in [3.8, 4) is 0 Å². The number of nitrogens with one attached hydrogen (secondary N) is 1. The van der Waals surface area contributed by atoms with Crippen LogP contribution in [0.4, 0.5) is 4.39 Å². The SMILES string of the molecule is Cc1ccc(C(C)NC(=O)C(C)C(C)N)cc1F.Cl. The lowest BCUT2D eigenvalue weighted by atomic mass is 10.0. The highest BCUT2D eigenvalue weighted by Gasteiger charge is 2.19. The molecule has 0 heterocycles. The van der Waals surface area contributed by atoms with E-state index >= 15 is 0 Å². The summed E-state index contributed by atoms with van der Waals surface area (Å²) in [5.74, 6) is -0.630. The Labute approximate surface area is 120 Å². The zero-order valence-corrected chi connectivity index (χ0v) is 12.6. The van der Waals surface area contributed by atoms with Crippen LogP contribution in [-0.4, -0.2) is 11.9 Å². The highest BCUT2D eigenvalue weighted by atomic mass is 35.5. The molecule has 3 nitrogen and oxygen atoms in total. The summed E-state index contributed by atoms with van der Waals surface area (Å²) in [6.45, 7) is 7.11. The molecule has 1 aromatic carbocycles. The number of amides is 1. The molecule has 0 aliphatic rings. The molecule has 3 unspecified atom stereocenters. The molecule has 5 heteroatoms. The van der Waals surface area contributed by atoms with Gasteiger partial charge < -0.3 is 11.1 Å². The summed E-state index contributed by atoms with van der Waals surface area (Å²) in [6, 6.07) is 4.56.